The van der Waals surface area contributed by atoms with Crippen molar-refractivity contribution in [3.05, 3.63) is 66.0 Å². The van der Waals surface area contributed by atoms with E-state index in [1.54, 1.807) is 39.8 Å². The number of hydrogen-bond donors (Lipinski definition) is 0. The third kappa shape index (κ3) is 4.74. The summed E-state index contributed by atoms with van der Waals surface area (Å²) in [5.41, 5.74) is 1.37. The average Bonchev–Trinajstić information content (AvgIpc) is 3.05. The molecule has 0 fully saturated rings. The molecule has 1 heterocycles. The molecule has 0 aliphatic heterocycles. The molecule has 0 aliphatic carbocycles. The van der Waals surface area contributed by atoms with Gasteiger partial charge in [-0.1, -0.05) is 42.5 Å². The van der Waals surface area contributed by atoms with Gasteiger partial charge in [0, 0.05) is 0 Å². The molecular formula is C22H25N3O4. The SMILES string of the molecule is CCOC(=O)c1nc2ccccc2n1N(Cc1ccccc1)C(=O)OC(C)(C)C. The summed E-state index contributed by atoms with van der Waals surface area (Å²) >= 11 is 0. The summed E-state index contributed by atoms with van der Waals surface area (Å²) in [6, 6.07) is 16.7. The molecule has 0 saturated carbocycles. The predicted octanol–water partition coefficient (Wildman–Crippen LogP) is 4.29. The molecule has 2 aromatic carbocycles. The Morgan fingerprint density at radius 1 is 1.03 bits per heavy atom. The highest BCUT2D eigenvalue weighted by Crippen LogP contribution is 2.21. The fourth-order valence-electron chi connectivity index (χ4n) is 2.87. The molecule has 7 nitrogen and oxygen atoms in total. The summed E-state index contributed by atoms with van der Waals surface area (Å²) in [4.78, 5) is 30.2. The van der Waals surface area contributed by atoms with Gasteiger partial charge in [-0.2, -0.15) is 0 Å². The molecule has 7 heteroatoms. The van der Waals surface area contributed by atoms with E-state index in [2.05, 4.69) is 4.98 Å². The van der Waals surface area contributed by atoms with Crippen molar-refractivity contribution in [1.82, 2.24) is 9.66 Å². The van der Waals surface area contributed by atoms with Gasteiger partial charge in [0.25, 0.3) is 0 Å². The molecule has 0 radical (unpaired) electrons. The van der Waals surface area contributed by atoms with E-state index in [1.807, 2.05) is 42.5 Å². The minimum atomic E-state index is -0.702. The molecule has 0 atom stereocenters. The highest BCUT2D eigenvalue weighted by molar-refractivity contribution is 5.93. The monoisotopic (exact) mass is 395 g/mol. The largest absolute Gasteiger partial charge is 0.460 e. The average molecular weight is 395 g/mol. The highest BCUT2D eigenvalue weighted by atomic mass is 16.6. The molecule has 0 unspecified atom stereocenters. The molecule has 3 rings (SSSR count). The first-order valence-electron chi connectivity index (χ1n) is 9.49. The van der Waals surface area contributed by atoms with Crippen molar-refractivity contribution in [3.8, 4) is 0 Å². The Labute approximate surface area is 169 Å². The minimum Gasteiger partial charge on any atom is -0.460 e. The summed E-state index contributed by atoms with van der Waals surface area (Å²) in [5.74, 6) is -0.583. The smallest absolute Gasteiger partial charge is 0.430 e. The van der Waals surface area contributed by atoms with E-state index in [4.69, 9.17) is 9.47 Å². The molecule has 1 aromatic heterocycles. The second-order valence-electron chi connectivity index (χ2n) is 7.48. The van der Waals surface area contributed by atoms with Gasteiger partial charge in [0.15, 0.2) is 0 Å². The Balaban J connectivity index is 2.15. The van der Waals surface area contributed by atoms with Crippen LogP contribution in [0.1, 0.15) is 43.9 Å². The Morgan fingerprint density at radius 2 is 1.69 bits per heavy atom. The van der Waals surface area contributed by atoms with Crippen LogP contribution in [0.4, 0.5) is 4.79 Å². The maximum Gasteiger partial charge on any atom is 0.430 e. The number of carbonyl (C=O) groups excluding carboxylic acids is 2. The second kappa shape index (κ2) is 8.34. The lowest BCUT2D eigenvalue weighted by Gasteiger charge is -2.29. The lowest BCUT2D eigenvalue weighted by molar-refractivity contribution is 0.0488. The molecule has 152 valence electrons. The summed E-state index contributed by atoms with van der Waals surface area (Å²) in [5, 5.41) is 1.38. The van der Waals surface area contributed by atoms with Crippen molar-refractivity contribution in [2.75, 3.05) is 11.6 Å². The number of imidazole rings is 1. The first kappa shape index (κ1) is 20.4. The Hall–Kier alpha value is -3.35. The fourth-order valence-corrected chi connectivity index (χ4v) is 2.87. The molecule has 29 heavy (non-hydrogen) atoms. The van der Waals surface area contributed by atoms with Crippen LogP contribution in [0.25, 0.3) is 11.0 Å². The van der Waals surface area contributed by atoms with Gasteiger partial charge in [-0.3, -0.25) is 0 Å². The van der Waals surface area contributed by atoms with Crippen molar-refractivity contribution >= 4 is 23.1 Å². The number of hydrogen-bond acceptors (Lipinski definition) is 5. The van der Waals surface area contributed by atoms with Gasteiger partial charge in [-0.05, 0) is 45.4 Å². The minimum absolute atomic E-state index is 0.0230. The van der Waals surface area contributed by atoms with E-state index in [9.17, 15) is 9.59 Å². The molecule has 3 aromatic rings. The van der Waals surface area contributed by atoms with Crippen LogP contribution in [-0.4, -0.2) is 33.9 Å². The van der Waals surface area contributed by atoms with Crippen LogP contribution in [0, 0.1) is 0 Å². The van der Waals surface area contributed by atoms with Crippen LogP contribution >= 0.6 is 0 Å². The summed E-state index contributed by atoms with van der Waals surface area (Å²) < 4.78 is 12.3. The fraction of sp³-hybridized carbons (Fsp3) is 0.318. The molecule has 0 spiro atoms. The van der Waals surface area contributed by atoms with Gasteiger partial charge in [-0.25, -0.2) is 24.3 Å². The quantitative estimate of drug-likeness (QED) is 0.603. The van der Waals surface area contributed by atoms with Crippen LogP contribution in [0.3, 0.4) is 0 Å². The number of carbonyl (C=O) groups is 2. The normalized spacial score (nSPS) is 11.3. The number of para-hydroxylation sites is 2. The number of fused-ring (bicyclic) bond motifs is 1. The highest BCUT2D eigenvalue weighted by Gasteiger charge is 2.30. The van der Waals surface area contributed by atoms with Crippen molar-refractivity contribution in [1.29, 1.82) is 0 Å². The standard InChI is InChI=1S/C22H25N3O4/c1-5-28-20(26)19-23-17-13-9-10-14-18(17)25(19)24(21(27)29-22(2,3)4)15-16-11-7-6-8-12-16/h6-14H,5,15H2,1-4H3. The van der Waals surface area contributed by atoms with E-state index in [0.717, 1.165) is 5.56 Å². The number of ether oxygens (including phenoxy) is 2. The van der Waals surface area contributed by atoms with Crippen LogP contribution in [0.5, 0.6) is 0 Å². The van der Waals surface area contributed by atoms with Crippen molar-refractivity contribution in [3.63, 3.8) is 0 Å². The molecule has 0 saturated heterocycles. The molecular weight excluding hydrogens is 370 g/mol. The third-order valence-corrected chi connectivity index (χ3v) is 4.02. The third-order valence-electron chi connectivity index (χ3n) is 4.02. The number of amides is 1. The van der Waals surface area contributed by atoms with E-state index in [1.165, 1.54) is 9.69 Å². The maximum atomic E-state index is 13.1. The van der Waals surface area contributed by atoms with Crippen LogP contribution in [0.15, 0.2) is 54.6 Å². The van der Waals surface area contributed by atoms with Gasteiger partial charge >= 0.3 is 12.1 Å². The lowest BCUT2D eigenvalue weighted by atomic mass is 10.2. The van der Waals surface area contributed by atoms with E-state index in [-0.39, 0.29) is 19.0 Å². The summed E-state index contributed by atoms with van der Waals surface area (Å²) in [6.45, 7) is 7.51. The number of rotatable bonds is 5. The second-order valence-corrected chi connectivity index (χ2v) is 7.48. The first-order valence-corrected chi connectivity index (χ1v) is 9.49. The zero-order valence-electron chi connectivity index (χ0n) is 17.1. The summed E-state index contributed by atoms with van der Waals surface area (Å²) in [7, 11) is 0. The van der Waals surface area contributed by atoms with Gasteiger partial charge in [0.05, 0.1) is 24.2 Å². The van der Waals surface area contributed by atoms with Gasteiger partial charge in [0.2, 0.25) is 5.82 Å². The van der Waals surface area contributed by atoms with E-state index < -0.39 is 17.7 Å². The molecule has 0 N–H and O–H groups in total. The van der Waals surface area contributed by atoms with Gasteiger partial charge in [0.1, 0.15) is 5.60 Å². The van der Waals surface area contributed by atoms with Crippen LogP contribution < -0.4 is 5.01 Å². The van der Waals surface area contributed by atoms with Crippen LogP contribution in [-0.2, 0) is 16.0 Å². The number of esters is 1. The van der Waals surface area contributed by atoms with Crippen molar-refractivity contribution in [2.45, 2.75) is 39.8 Å². The van der Waals surface area contributed by atoms with Gasteiger partial charge in [-0.15, -0.1) is 0 Å². The zero-order chi connectivity index (χ0) is 21.0. The Kier molecular flexibility index (Phi) is 5.87. The van der Waals surface area contributed by atoms with E-state index >= 15 is 0 Å². The topological polar surface area (TPSA) is 73.7 Å². The van der Waals surface area contributed by atoms with Crippen LogP contribution in [0.2, 0.25) is 0 Å². The number of aromatic nitrogens is 2. The van der Waals surface area contributed by atoms with Gasteiger partial charge < -0.3 is 9.47 Å². The summed E-state index contributed by atoms with van der Waals surface area (Å²) in [6.07, 6.45) is -0.588. The van der Waals surface area contributed by atoms with Crippen molar-refractivity contribution < 1.29 is 19.1 Å². The maximum absolute atomic E-state index is 13.1. The number of benzene rings is 2. The Morgan fingerprint density at radius 3 is 2.34 bits per heavy atom. The first-order chi connectivity index (χ1) is 13.8. The molecule has 0 aliphatic rings. The zero-order valence-corrected chi connectivity index (χ0v) is 17.1. The van der Waals surface area contributed by atoms with Crippen molar-refractivity contribution in [2.24, 2.45) is 0 Å². The lowest BCUT2D eigenvalue weighted by Crippen LogP contribution is -2.44. The molecule has 1 amide bonds. The molecule has 0 bridgehead atoms. The predicted molar refractivity (Wildman–Crippen MR) is 110 cm³/mol. The Bertz CT molecular complexity index is 1010. The number of nitrogens with zero attached hydrogens (tertiary/aromatic N) is 3. The van der Waals surface area contributed by atoms with E-state index in [0.29, 0.717) is 11.0 Å².